The first-order chi connectivity index (χ1) is 8.24. The van der Waals surface area contributed by atoms with Crippen molar-refractivity contribution >= 4 is 11.6 Å². The van der Waals surface area contributed by atoms with Gasteiger partial charge in [-0.15, -0.1) is 0 Å². The highest BCUT2D eigenvalue weighted by atomic mass is 16.3. The van der Waals surface area contributed by atoms with Gasteiger partial charge in [0.2, 0.25) is 0 Å². The van der Waals surface area contributed by atoms with Gasteiger partial charge in [-0.25, -0.2) is 0 Å². The largest absolute Gasteiger partial charge is 0.396 e. The van der Waals surface area contributed by atoms with Crippen LogP contribution < -0.4 is 11.3 Å². The first-order valence-electron chi connectivity index (χ1n) is 5.71. The Labute approximate surface area is 100 Å². The van der Waals surface area contributed by atoms with Crippen LogP contribution in [0.4, 0.5) is 5.69 Å². The van der Waals surface area contributed by atoms with Gasteiger partial charge in [0.1, 0.15) is 0 Å². The van der Waals surface area contributed by atoms with E-state index in [1.165, 1.54) is 0 Å². The second kappa shape index (κ2) is 5.16. The number of likely N-dealkylation sites (tertiary alicyclic amines) is 1. The van der Waals surface area contributed by atoms with Gasteiger partial charge in [-0.2, -0.15) is 0 Å². The standard InChI is InChI=1S/C12H17N3O2/c13-14-11-3-1-10(2-4-11)12(17)15-6-5-9(7-15)8-16/h1-4,9,14,16H,5-8,13H2. The fraction of sp³-hybridized carbons (Fsp3) is 0.417. The number of anilines is 1. The Balaban J connectivity index is 2.04. The maximum atomic E-state index is 12.1. The first-order valence-corrected chi connectivity index (χ1v) is 5.71. The number of nitrogens with two attached hydrogens (primary N) is 1. The number of carbonyl (C=O) groups excluding carboxylic acids is 1. The van der Waals surface area contributed by atoms with Gasteiger partial charge >= 0.3 is 0 Å². The normalized spacial score (nSPS) is 19.4. The van der Waals surface area contributed by atoms with Crippen molar-refractivity contribution in [2.24, 2.45) is 11.8 Å². The monoisotopic (exact) mass is 235 g/mol. The van der Waals surface area contributed by atoms with Crippen LogP contribution in [0.1, 0.15) is 16.8 Å². The van der Waals surface area contributed by atoms with E-state index >= 15 is 0 Å². The third-order valence-corrected chi connectivity index (χ3v) is 3.13. The number of amides is 1. The minimum absolute atomic E-state index is 0.0181. The second-order valence-electron chi connectivity index (χ2n) is 4.31. The quantitative estimate of drug-likeness (QED) is 0.524. The lowest BCUT2D eigenvalue weighted by Gasteiger charge is -2.16. The Hall–Kier alpha value is -1.59. The van der Waals surface area contributed by atoms with Crippen molar-refractivity contribution in [1.29, 1.82) is 0 Å². The smallest absolute Gasteiger partial charge is 0.253 e. The van der Waals surface area contributed by atoms with Crippen molar-refractivity contribution in [1.82, 2.24) is 4.90 Å². The molecule has 1 aliphatic rings. The molecule has 1 amide bonds. The highest BCUT2D eigenvalue weighted by Gasteiger charge is 2.26. The molecule has 0 radical (unpaired) electrons. The van der Waals surface area contributed by atoms with Crippen LogP contribution in [0.5, 0.6) is 0 Å². The predicted octanol–water partition coefficient (Wildman–Crippen LogP) is 0.427. The minimum Gasteiger partial charge on any atom is -0.396 e. The number of hydrazine groups is 1. The van der Waals surface area contributed by atoms with Crippen molar-refractivity contribution in [3.05, 3.63) is 29.8 Å². The van der Waals surface area contributed by atoms with Crippen molar-refractivity contribution in [2.45, 2.75) is 6.42 Å². The van der Waals surface area contributed by atoms with Crippen LogP contribution in [0.2, 0.25) is 0 Å². The molecule has 17 heavy (non-hydrogen) atoms. The summed E-state index contributed by atoms with van der Waals surface area (Å²) in [7, 11) is 0. The predicted molar refractivity (Wildman–Crippen MR) is 65.3 cm³/mol. The molecule has 1 aliphatic heterocycles. The second-order valence-corrected chi connectivity index (χ2v) is 4.31. The van der Waals surface area contributed by atoms with Gasteiger partial charge in [0.05, 0.1) is 0 Å². The molecular formula is C12H17N3O2. The summed E-state index contributed by atoms with van der Waals surface area (Å²) < 4.78 is 0. The number of aliphatic hydroxyl groups is 1. The van der Waals surface area contributed by atoms with Crippen LogP contribution >= 0.6 is 0 Å². The Morgan fingerprint density at radius 3 is 2.71 bits per heavy atom. The number of hydrogen-bond acceptors (Lipinski definition) is 4. The average molecular weight is 235 g/mol. The van der Waals surface area contributed by atoms with Crippen molar-refractivity contribution in [2.75, 3.05) is 25.1 Å². The highest BCUT2D eigenvalue weighted by molar-refractivity contribution is 5.94. The summed E-state index contributed by atoms with van der Waals surface area (Å²) in [5.74, 6) is 5.51. The lowest BCUT2D eigenvalue weighted by molar-refractivity contribution is 0.0782. The molecule has 2 rings (SSSR count). The van der Waals surface area contributed by atoms with E-state index in [1.54, 1.807) is 29.2 Å². The van der Waals surface area contributed by atoms with Gasteiger partial charge in [-0.3, -0.25) is 10.6 Å². The zero-order valence-corrected chi connectivity index (χ0v) is 9.60. The van der Waals surface area contributed by atoms with E-state index in [-0.39, 0.29) is 18.4 Å². The van der Waals surface area contributed by atoms with Crippen molar-refractivity contribution < 1.29 is 9.90 Å². The third kappa shape index (κ3) is 2.57. The molecule has 1 aromatic rings. The molecule has 1 atom stereocenters. The number of aliphatic hydroxyl groups excluding tert-OH is 1. The van der Waals surface area contributed by atoms with Crippen molar-refractivity contribution in [3.63, 3.8) is 0 Å². The Morgan fingerprint density at radius 1 is 1.47 bits per heavy atom. The number of nitrogens with zero attached hydrogens (tertiary/aromatic N) is 1. The molecule has 1 fully saturated rings. The number of hydrogen-bond donors (Lipinski definition) is 3. The first kappa shape index (κ1) is 11.9. The van der Waals surface area contributed by atoms with Crippen LogP contribution in [0, 0.1) is 5.92 Å². The summed E-state index contributed by atoms with van der Waals surface area (Å²) in [4.78, 5) is 13.9. The summed E-state index contributed by atoms with van der Waals surface area (Å²) in [5, 5.41) is 9.04. The topological polar surface area (TPSA) is 78.6 Å². The number of nitrogens with one attached hydrogen (secondary N) is 1. The number of carbonyl (C=O) groups is 1. The summed E-state index contributed by atoms with van der Waals surface area (Å²) in [5.41, 5.74) is 3.95. The summed E-state index contributed by atoms with van der Waals surface area (Å²) in [6.07, 6.45) is 0.880. The molecule has 5 nitrogen and oxygen atoms in total. The lowest BCUT2D eigenvalue weighted by Crippen LogP contribution is -2.29. The molecule has 0 spiro atoms. The molecule has 0 aromatic heterocycles. The van der Waals surface area contributed by atoms with Crippen LogP contribution in [0.15, 0.2) is 24.3 Å². The SMILES string of the molecule is NNc1ccc(C(=O)N2CCC(CO)C2)cc1. The van der Waals surface area contributed by atoms with Gasteiger partial charge in [0.25, 0.3) is 5.91 Å². The van der Waals surface area contributed by atoms with E-state index in [1.807, 2.05) is 0 Å². The molecule has 0 saturated carbocycles. The van der Waals surface area contributed by atoms with Crippen LogP contribution in [0.3, 0.4) is 0 Å². The van der Waals surface area contributed by atoms with Gasteiger partial charge in [0, 0.05) is 36.9 Å². The molecule has 92 valence electrons. The third-order valence-electron chi connectivity index (χ3n) is 3.13. The summed E-state index contributed by atoms with van der Waals surface area (Å²) in [6, 6.07) is 7.05. The van der Waals surface area contributed by atoms with Crippen molar-refractivity contribution in [3.8, 4) is 0 Å². The van der Waals surface area contributed by atoms with E-state index in [9.17, 15) is 4.79 Å². The van der Waals surface area contributed by atoms with Crippen LogP contribution in [-0.4, -0.2) is 35.6 Å². The fourth-order valence-corrected chi connectivity index (χ4v) is 2.06. The average Bonchev–Trinajstić information content (AvgIpc) is 2.87. The minimum atomic E-state index is 0.0181. The Kier molecular flexibility index (Phi) is 3.61. The molecule has 1 aromatic carbocycles. The summed E-state index contributed by atoms with van der Waals surface area (Å²) >= 11 is 0. The molecule has 0 bridgehead atoms. The lowest BCUT2D eigenvalue weighted by atomic mass is 10.1. The van der Waals surface area contributed by atoms with Crippen LogP contribution in [-0.2, 0) is 0 Å². The van der Waals surface area contributed by atoms with Gasteiger partial charge in [-0.1, -0.05) is 0 Å². The molecule has 5 heteroatoms. The van der Waals surface area contributed by atoms with Crippen LogP contribution in [0.25, 0.3) is 0 Å². The van der Waals surface area contributed by atoms with Gasteiger partial charge in [-0.05, 0) is 30.7 Å². The number of benzene rings is 1. The van der Waals surface area contributed by atoms with Gasteiger partial charge in [0.15, 0.2) is 0 Å². The number of rotatable bonds is 3. The Bertz CT molecular complexity index is 391. The van der Waals surface area contributed by atoms with E-state index in [2.05, 4.69) is 5.43 Å². The zero-order valence-electron chi connectivity index (χ0n) is 9.60. The van der Waals surface area contributed by atoms with E-state index < -0.39 is 0 Å². The molecule has 1 saturated heterocycles. The maximum Gasteiger partial charge on any atom is 0.253 e. The maximum absolute atomic E-state index is 12.1. The van der Waals surface area contributed by atoms with E-state index in [4.69, 9.17) is 10.9 Å². The molecule has 1 heterocycles. The van der Waals surface area contributed by atoms with E-state index in [0.29, 0.717) is 12.1 Å². The van der Waals surface area contributed by atoms with E-state index in [0.717, 1.165) is 18.7 Å². The summed E-state index contributed by atoms with van der Waals surface area (Å²) in [6.45, 7) is 1.52. The number of nitrogen functional groups attached to an aromatic ring is 1. The molecule has 4 N–H and O–H groups in total. The molecular weight excluding hydrogens is 218 g/mol. The highest BCUT2D eigenvalue weighted by Crippen LogP contribution is 2.18. The fourth-order valence-electron chi connectivity index (χ4n) is 2.06. The Morgan fingerprint density at radius 2 is 2.18 bits per heavy atom. The van der Waals surface area contributed by atoms with Gasteiger partial charge < -0.3 is 15.4 Å². The molecule has 1 unspecified atom stereocenters. The molecule has 0 aliphatic carbocycles. The zero-order chi connectivity index (χ0) is 12.3.